The first kappa shape index (κ1) is 11.3. The van der Waals surface area contributed by atoms with Crippen LogP contribution in [0.15, 0.2) is 24.4 Å². The molecule has 1 aromatic carbocycles. The molecule has 0 aliphatic carbocycles. The van der Waals surface area contributed by atoms with E-state index in [0.717, 1.165) is 5.56 Å². The van der Waals surface area contributed by atoms with Crippen molar-refractivity contribution in [2.75, 3.05) is 0 Å². The van der Waals surface area contributed by atoms with Crippen LogP contribution in [0.5, 0.6) is 0 Å². The van der Waals surface area contributed by atoms with Gasteiger partial charge in [0.1, 0.15) is 5.82 Å². The molecule has 4 nitrogen and oxygen atoms in total. The Labute approximate surface area is 97.3 Å². The van der Waals surface area contributed by atoms with Gasteiger partial charge in [0.15, 0.2) is 0 Å². The van der Waals surface area contributed by atoms with Crippen LogP contribution in [0.2, 0.25) is 0 Å². The summed E-state index contributed by atoms with van der Waals surface area (Å²) in [5, 5.41) is 12.9. The van der Waals surface area contributed by atoms with Gasteiger partial charge in [-0.05, 0) is 24.6 Å². The molecule has 1 N–H and O–H groups in total. The van der Waals surface area contributed by atoms with Crippen molar-refractivity contribution in [2.24, 2.45) is 7.05 Å². The van der Waals surface area contributed by atoms with E-state index in [1.165, 1.54) is 16.8 Å². The van der Waals surface area contributed by atoms with Crippen LogP contribution in [0.4, 0.5) is 4.39 Å². The topological polar surface area (TPSA) is 55.1 Å². The first-order chi connectivity index (χ1) is 8.02. The average molecular weight is 234 g/mol. The number of hydrogen-bond donors (Lipinski definition) is 1. The zero-order chi connectivity index (χ0) is 12.6. The van der Waals surface area contributed by atoms with Crippen LogP contribution >= 0.6 is 0 Å². The molecule has 2 aromatic rings. The summed E-state index contributed by atoms with van der Waals surface area (Å²) in [5.74, 6) is -2.00. The second-order valence-electron chi connectivity index (χ2n) is 3.77. The van der Waals surface area contributed by atoms with Gasteiger partial charge in [-0.1, -0.05) is 6.07 Å². The van der Waals surface area contributed by atoms with Gasteiger partial charge in [0, 0.05) is 12.6 Å². The second-order valence-corrected chi connectivity index (χ2v) is 3.77. The van der Waals surface area contributed by atoms with Crippen molar-refractivity contribution in [1.29, 1.82) is 0 Å². The molecule has 0 unspecified atom stereocenters. The molecular weight excluding hydrogens is 223 g/mol. The molecule has 0 saturated heterocycles. The zero-order valence-corrected chi connectivity index (χ0v) is 9.44. The van der Waals surface area contributed by atoms with E-state index >= 15 is 0 Å². The predicted octanol–water partition coefficient (Wildman–Crippen LogP) is 2.23. The van der Waals surface area contributed by atoms with Crippen LogP contribution in [-0.4, -0.2) is 20.9 Å². The molecule has 1 aromatic heterocycles. The Balaban J connectivity index is 2.69. The summed E-state index contributed by atoms with van der Waals surface area (Å²) in [4.78, 5) is 10.9. The van der Waals surface area contributed by atoms with Crippen LogP contribution in [0.1, 0.15) is 15.9 Å². The number of carboxylic acid groups (broad SMARTS) is 1. The van der Waals surface area contributed by atoms with E-state index in [2.05, 4.69) is 5.10 Å². The van der Waals surface area contributed by atoms with Crippen LogP contribution in [0.3, 0.4) is 0 Å². The maximum Gasteiger partial charge on any atom is 0.338 e. The highest BCUT2D eigenvalue weighted by atomic mass is 19.1. The Morgan fingerprint density at radius 1 is 1.47 bits per heavy atom. The first-order valence-electron chi connectivity index (χ1n) is 5.03. The minimum Gasteiger partial charge on any atom is -0.478 e. The quantitative estimate of drug-likeness (QED) is 0.866. The highest BCUT2D eigenvalue weighted by molar-refractivity contribution is 5.89. The van der Waals surface area contributed by atoms with Crippen LogP contribution in [0, 0.1) is 12.7 Å². The molecule has 17 heavy (non-hydrogen) atoms. The van der Waals surface area contributed by atoms with E-state index in [1.54, 1.807) is 26.2 Å². The summed E-state index contributed by atoms with van der Waals surface area (Å²) in [6.07, 6.45) is 1.61. The van der Waals surface area contributed by atoms with E-state index in [1.807, 2.05) is 0 Å². The molecule has 0 spiro atoms. The fraction of sp³-hybridized carbons (Fsp3) is 0.167. The van der Waals surface area contributed by atoms with Crippen molar-refractivity contribution in [3.8, 4) is 11.3 Å². The predicted molar refractivity (Wildman–Crippen MR) is 60.3 cm³/mol. The molecule has 0 radical (unpaired) electrons. The lowest BCUT2D eigenvalue weighted by Crippen LogP contribution is -2.04. The lowest BCUT2D eigenvalue weighted by molar-refractivity contribution is 0.0692. The monoisotopic (exact) mass is 234 g/mol. The summed E-state index contributed by atoms with van der Waals surface area (Å²) in [5.41, 5.74) is 1.31. The molecule has 1 heterocycles. The molecule has 0 saturated carbocycles. The Kier molecular flexibility index (Phi) is 2.67. The zero-order valence-electron chi connectivity index (χ0n) is 9.44. The molecule has 0 fully saturated rings. The van der Waals surface area contributed by atoms with Crippen molar-refractivity contribution in [1.82, 2.24) is 9.78 Å². The van der Waals surface area contributed by atoms with Gasteiger partial charge >= 0.3 is 5.97 Å². The fourth-order valence-corrected chi connectivity index (χ4v) is 1.81. The highest BCUT2D eigenvalue weighted by Gasteiger charge is 2.18. The van der Waals surface area contributed by atoms with E-state index in [0.29, 0.717) is 5.69 Å². The number of hydrogen-bond acceptors (Lipinski definition) is 2. The summed E-state index contributed by atoms with van der Waals surface area (Å²) >= 11 is 0. The molecule has 5 heteroatoms. The van der Waals surface area contributed by atoms with E-state index < -0.39 is 11.8 Å². The smallest absolute Gasteiger partial charge is 0.338 e. The van der Waals surface area contributed by atoms with Crippen LogP contribution in [0.25, 0.3) is 11.3 Å². The highest BCUT2D eigenvalue weighted by Crippen LogP contribution is 2.27. The SMILES string of the molecule is Cc1cnn(C)c1-c1cccc(C(=O)O)c1F. The maximum atomic E-state index is 14.0. The van der Waals surface area contributed by atoms with Crippen molar-refractivity contribution >= 4 is 5.97 Å². The van der Waals surface area contributed by atoms with Gasteiger partial charge in [-0.2, -0.15) is 5.10 Å². The Hall–Kier alpha value is -2.17. The van der Waals surface area contributed by atoms with Gasteiger partial charge in [0.05, 0.1) is 17.5 Å². The average Bonchev–Trinajstić information content (AvgIpc) is 2.59. The fourth-order valence-electron chi connectivity index (χ4n) is 1.81. The lowest BCUT2D eigenvalue weighted by Gasteiger charge is -2.07. The van der Waals surface area contributed by atoms with Gasteiger partial charge in [-0.3, -0.25) is 4.68 Å². The second kappa shape index (κ2) is 4.01. The van der Waals surface area contributed by atoms with Gasteiger partial charge in [-0.25, -0.2) is 9.18 Å². The maximum absolute atomic E-state index is 14.0. The van der Waals surface area contributed by atoms with Crippen molar-refractivity contribution in [2.45, 2.75) is 6.92 Å². The number of aryl methyl sites for hydroxylation is 2. The number of carbonyl (C=O) groups is 1. The summed E-state index contributed by atoms with van der Waals surface area (Å²) < 4.78 is 15.6. The molecule has 0 atom stereocenters. The molecule has 88 valence electrons. The Morgan fingerprint density at radius 2 is 2.18 bits per heavy atom. The van der Waals surface area contributed by atoms with E-state index in [4.69, 9.17) is 5.11 Å². The van der Waals surface area contributed by atoms with Crippen molar-refractivity contribution in [3.05, 3.63) is 41.3 Å². The Bertz CT molecular complexity index is 571. The van der Waals surface area contributed by atoms with Crippen LogP contribution in [-0.2, 0) is 7.05 Å². The minimum atomic E-state index is -1.27. The molecule has 2 rings (SSSR count). The molecule has 0 aliphatic rings. The number of aromatic carboxylic acids is 1. The third-order valence-corrected chi connectivity index (χ3v) is 2.61. The van der Waals surface area contributed by atoms with E-state index in [-0.39, 0.29) is 11.1 Å². The number of nitrogens with zero attached hydrogens (tertiary/aromatic N) is 2. The molecular formula is C12H11FN2O2. The van der Waals surface area contributed by atoms with Gasteiger partial charge < -0.3 is 5.11 Å². The number of rotatable bonds is 2. The molecule has 0 aliphatic heterocycles. The molecule has 0 amide bonds. The van der Waals surface area contributed by atoms with Gasteiger partial charge in [0.25, 0.3) is 0 Å². The third-order valence-electron chi connectivity index (χ3n) is 2.61. The Morgan fingerprint density at radius 3 is 2.71 bits per heavy atom. The summed E-state index contributed by atoms with van der Waals surface area (Å²) in [6, 6.07) is 4.31. The number of aromatic nitrogens is 2. The number of carboxylic acids is 1. The standard InChI is InChI=1S/C12H11FN2O2/c1-7-6-14-15(2)11(7)8-4-3-5-9(10(8)13)12(16)17/h3-6H,1-2H3,(H,16,17). The van der Waals surface area contributed by atoms with Gasteiger partial charge in [0.2, 0.25) is 0 Å². The minimum absolute atomic E-state index is 0.252. The van der Waals surface area contributed by atoms with Gasteiger partial charge in [-0.15, -0.1) is 0 Å². The third kappa shape index (κ3) is 1.80. The number of halogens is 1. The first-order valence-corrected chi connectivity index (χ1v) is 5.03. The van der Waals surface area contributed by atoms with Crippen LogP contribution < -0.4 is 0 Å². The lowest BCUT2D eigenvalue weighted by atomic mass is 10.0. The largest absolute Gasteiger partial charge is 0.478 e. The summed E-state index contributed by atoms with van der Waals surface area (Å²) in [7, 11) is 1.69. The normalized spacial score (nSPS) is 10.5. The van der Waals surface area contributed by atoms with Crippen molar-refractivity contribution in [3.63, 3.8) is 0 Å². The molecule has 0 bridgehead atoms. The summed E-state index contributed by atoms with van der Waals surface area (Å²) in [6.45, 7) is 1.80. The van der Waals surface area contributed by atoms with E-state index in [9.17, 15) is 9.18 Å². The van der Waals surface area contributed by atoms with Crippen molar-refractivity contribution < 1.29 is 14.3 Å². The number of benzene rings is 1.